The van der Waals surface area contributed by atoms with Crippen molar-refractivity contribution in [2.45, 2.75) is 25.7 Å². The van der Waals surface area contributed by atoms with Crippen LogP contribution >= 0.6 is 0 Å². The smallest absolute Gasteiger partial charge is 0.137 e. The van der Waals surface area contributed by atoms with Crippen LogP contribution in [0.3, 0.4) is 0 Å². The Bertz CT molecular complexity index is 328. The molecule has 1 aliphatic carbocycles. The number of ketones is 1. The first-order chi connectivity index (χ1) is 6.14. The molecule has 0 aromatic heterocycles. The van der Waals surface area contributed by atoms with Crippen LogP contribution in [0.2, 0.25) is 0 Å². The Morgan fingerprint density at radius 2 is 1.92 bits per heavy atom. The van der Waals surface area contributed by atoms with Gasteiger partial charge in [0.1, 0.15) is 5.78 Å². The maximum atomic E-state index is 11.2. The zero-order valence-electron chi connectivity index (χ0n) is 8.08. The molecule has 0 bridgehead atoms. The van der Waals surface area contributed by atoms with Crippen molar-refractivity contribution in [1.82, 2.24) is 0 Å². The van der Waals surface area contributed by atoms with Crippen LogP contribution in [0, 0.1) is 5.92 Å². The van der Waals surface area contributed by atoms with Gasteiger partial charge in [0.2, 0.25) is 0 Å². The van der Waals surface area contributed by atoms with Crippen molar-refractivity contribution in [2.75, 3.05) is 0 Å². The summed E-state index contributed by atoms with van der Waals surface area (Å²) in [6, 6.07) is 10.3. The summed E-state index contributed by atoms with van der Waals surface area (Å²) in [6.07, 6.45) is 0.707. The van der Waals surface area contributed by atoms with Crippen LogP contribution in [-0.4, -0.2) is 5.78 Å². The molecule has 0 radical (unpaired) electrons. The highest BCUT2D eigenvalue weighted by atomic mass is 16.1. The molecule has 0 heterocycles. The van der Waals surface area contributed by atoms with Gasteiger partial charge in [-0.1, -0.05) is 44.2 Å². The maximum Gasteiger partial charge on any atom is 0.137 e. The molecule has 1 aromatic carbocycles. The summed E-state index contributed by atoms with van der Waals surface area (Å²) in [7, 11) is 0. The molecule has 0 N–H and O–H groups in total. The SMILES string of the molecule is CC1C(=O)CC1(C)c1ccccc1. The van der Waals surface area contributed by atoms with E-state index in [1.807, 2.05) is 25.1 Å². The lowest BCUT2D eigenvalue weighted by molar-refractivity contribution is -0.134. The second-order valence-electron chi connectivity index (χ2n) is 4.15. The Hall–Kier alpha value is -1.11. The molecule has 0 saturated heterocycles. The number of carbonyl (C=O) groups excluding carboxylic acids is 1. The summed E-state index contributed by atoms with van der Waals surface area (Å²) in [5.41, 5.74) is 1.39. The minimum Gasteiger partial charge on any atom is -0.299 e. The first kappa shape index (κ1) is 8.49. The van der Waals surface area contributed by atoms with E-state index in [9.17, 15) is 4.79 Å². The van der Waals surface area contributed by atoms with Gasteiger partial charge in [0.15, 0.2) is 0 Å². The first-order valence-corrected chi connectivity index (χ1v) is 4.73. The lowest BCUT2D eigenvalue weighted by Crippen LogP contribution is -2.48. The van der Waals surface area contributed by atoms with Crippen LogP contribution in [-0.2, 0) is 10.2 Å². The van der Waals surface area contributed by atoms with E-state index in [1.165, 1.54) is 5.56 Å². The Balaban J connectivity index is 2.33. The lowest BCUT2D eigenvalue weighted by Gasteiger charge is -2.44. The van der Waals surface area contributed by atoms with Gasteiger partial charge in [-0.05, 0) is 5.56 Å². The van der Waals surface area contributed by atoms with Gasteiger partial charge < -0.3 is 0 Å². The summed E-state index contributed by atoms with van der Waals surface area (Å²) in [6.45, 7) is 4.20. The summed E-state index contributed by atoms with van der Waals surface area (Å²) in [5, 5.41) is 0. The van der Waals surface area contributed by atoms with Crippen LogP contribution in [0.4, 0.5) is 0 Å². The standard InChI is InChI=1S/C12H14O/c1-9-11(13)8-12(9,2)10-6-4-3-5-7-10/h3-7,9H,8H2,1-2H3. The molecule has 2 rings (SSSR count). The van der Waals surface area contributed by atoms with Crippen LogP contribution in [0.5, 0.6) is 0 Å². The van der Waals surface area contributed by atoms with Crippen LogP contribution in [0.1, 0.15) is 25.8 Å². The molecule has 1 fully saturated rings. The normalized spacial score (nSPS) is 32.8. The third kappa shape index (κ3) is 1.11. The van der Waals surface area contributed by atoms with Crippen molar-refractivity contribution in [3.8, 4) is 0 Å². The van der Waals surface area contributed by atoms with Crippen LogP contribution in [0.25, 0.3) is 0 Å². The molecule has 1 heteroatoms. The predicted molar refractivity (Wildman–Crippen MR) is 52.6 cm³/mol. The van der Waals surface area contributed by atoms with E-state index < -0.39 is 0 Å². The van der Waals surface area contributed by atoms with Crippen molar-refractivity contribution in [3.63, 3.8) is 0 Å². The number of Topliss-reactive ketones (excluding diaryl/α,β-unsaturated/α-hetero) is 1. The number of benzene rings is 1. The quantitative estimate of drug-likeness (QED) is 0.639. The van der Waals surface area contributed by atoms with E-state index in [4.69, 9.17) is 0 Å². The summed E-state index contributed by atoms with van der Waals surface area (Å²) in [5.74, 6) is 0.584. The van der Waals surface area contributed by atoms with Gasteiger partial charge in [-0.2, -0.15) is 0 Å². The Kier molecular flexibility index (Phi) is 1.76. The maximum absolute atomic E-state index is 11.2. The molecule has 0 spiro atoms. The Morgan fingerprint density at radius 3 is 2.38 bits per heavy atom. The Morgan fingerprint density at radius 1 is 1.31 bits per heavy atom. The fourth-order valence-electron chi connectivity index (χ4n) is 2.06. The van der Waals surface area contributed by atoms with Crippen molar-refractivity contribution >= 4 is 5.78 Å². The van der Waals surface area contributed by atoms with Crippen molar-refractivity contribution < 1.29 is 4.79 Å². The lowest BCUT2D eigenvalue weighted by atomic mass is 9.58. The molecule has 2 atom stereocenters. The average Bonchev–Trinajstić information content (AvgIpc) is 2.19. The molecule has 2 unspecified atom stereocenters. The summed E-state index contributed by atoms with van der Waals surface area (Å²) >= 11 is 0. The summed E-state index contributed by atoms with van der Waals surface area (Å²) in [4.78, 5) is 11.2. The third-order valence-corrected chi connectivity index (χ3v) is 3.41. The highest BCUT2D eigenvalue weighted by Gasteiger charge is 2.47. The van der Waals surface area contributed by atoms with Gasteiger partial charge in [0.25, 0.3) is 0 Å². The molecule has 1 aromatic rings. The molecule has 0 aliphatic heterocycles. The highest BCUT2D eigenvalue weighted by molar-refractivity contribution is 5.90. The van der Waals surface area contributed by atoms with Crippen LogP contribution in [0.15, 0.2) is 30.3 Å². The van der Waals surface area contributed by atoms with E-state index in [0.29, 0.717) is 12.2 Å². The average molecular weight is 174 g/mol. The monoisotopic (exact) mass is 174 g/mol. The van der Waals surface area contributed by atoms with E-state index in [-0.39, 0.29) is 11.3 Å². The van der Waals surface area contributed by atoms with Crippen molar-refractivity contribution in [1.29, 1.82) is 0 Å². The van der Waals surface area contributed by atoms with Gasteiger partial charge in [0, 0.05) is 17.8 Å². The number of rotatable bonds is 1. The molecule has 1 nitrogen and oxygen atoms in total. The van der Waals surface area contributed by atoms with Crippen LogP contribution < -0.4 is 0 Å². The Labute approximate surface area is 78.8 Å². The fourth-order valence-corrected chi connectivity index (χ4v) is 2.06. The fraction of sp³-hybridized carbons (Fsp3) is 0.417. The first-order valence-electron chi connectivity index (χ1n) is 4.73. The predicted octanol–water partition coefficient (Wildman–Crippen LogP) is 2.55. The molecule has 0 amide bonds. The molecule has 13 heavy (non-hydrogen) atoms. The largest absolute Gasteiger partial charge is 0.299 e. The van der Waals surface area contributed by atoms with Gasteiger partial charge >= 0.3 is 0 Å². The molecule has 1 saturated carbocycles. The van der Waals surface area contributed by atoms with E-state index in [2.05, 4.69) is 19.1 Å². The topological polar surface area (TPSA) is 17.1 Å². The zero-order valence-corrected chi connectivity index (χ0v) is 8.08. The number of hydrogen-bond acceptors (Lipinski definition) is 1. The minimum absolute atomic E-state index is 0.0956. The van der Waals surface area contributed by atoms with E-state index >= 15 is 0 Å². The van der Waals surface area contributed by atoms with Gasteiger partial charge in [-0.3, -0.25) is 4.79 Å². The van der Waals surface area contributed by atoms with Gasteiger partial charge in [-0.25, -0.2) is 0 Å². The van der Waals surface area contributed by atoms with Crippen molar-refractivity contribution in [2.24, 2.45) is 5.92 Å². The van der Waals surface area contributed by atoms with E-state index in [1.54, 1.807) is 0 Å². The molecule has 1 aliphatic rings. The molecular formula is C12H14O. The highest BCUT2D eigenvalue weighted by Crippen LogP contribution is 2.45. The second-order valence-corrected chi connectivity index (χ2v) is 4.15. The number of hydrogen-bond donors (Lipinski definition) is 0. The third-order valence-electron chi connectivity index (χ3n) is 3.41. The van der Waals surface area contributed by atoms with E-state index in [0.717, 1.165) is 0 Å². The molecular weight excluding hydrogens is 160 g/mol. The van der Waals surface area contributed by atoms with Gasteiger partial charge in [-0.15, -0.1) is 0 Å². The number of carbonyl (C=O) groups is 1. The summed E-state index contributed by atoms with van der Waals surface area (Å²) < 4.78 is 0. The zero-order chi connectivity index (χ0) is 9.47. The second kappa shape index (κ2) is 2.69. The van der Waals surface area contributed by atoms with Crippen molar-refractivity contribution in [3.05, 3.63) is 35.9 Å². The van der Waals surface area contributed by atoms with Gasteiger partial charge in [0.05, 0.1) is 0 Å². The minimum atomic E-state index is 0.0956. The molecule has 68 valence electrons.